The third-order valence-corrected chi connectivity index (χ3v) is 2.63. The maximum Gasteiger partial charge on any atom is 0.313 e. The number of nitrogens with one attached hydrogen (secondary N) is 1. The molecular formula is C13H18N2O3. The molecule has 98 valence electrons. The number of rotatable bonds is 4. The van der Waals surface area contributed by atoms with E-state index in [0.29, 0.717) is 12.2 Å². The standard InChI is InChI=1S/C13H18N2O3/c1-3-15(8-9-16)13(18)12(17)14-11-7-5-4-6-10(11)2/h4-7,16H,3,8-9H2,1-2H3,(H,14,17). The largest absolute Gasteiger partial charge is 0.395 e. The number of hydrogen-bond acceptors (Lipinski definition) is 3. The van der Waals surface area contributed by atoms with Gasteiger partial charge in [-0.2, -0.15) is 0 Å². The van der Waals surface area contributed by atoms with Crippen molar-refractivity contribution in [2.45, 2.75) is 13.8 Å². The van der Waals surface area contributed by atoms with Gasteiger partial charge in [-0.1, -0.05) is 18.2 Å². The van der Waals surface area contributed by atoms with Gasteiger partial charge in [0, 0.05) is 18.8 Å². The molecule has 2 amide bonds. The van der Waals surface area contributed by atoms with E-state index in [9.17, 15) is 9.59 Å². The fourth-order valence-corrected chi connectivity index (χ4v) is 1.56. The fraction of sp³-hybridized carbons (Fsp3) is 0.385. The lowest BCUT2D eigenvalue weighted by molar-refractivity contribution is -0.143. The molecule has 0 spiro atoms. The van der Waals surface area contributed by atoms with Crippen LogP contribution in [0.1, 0.15) is 12.5 Å². The summed E-state index contributed by atoms with van der Waals surface area (Å²) in [5.74, 6) is -1.31. The number of carbonyl (C=O) groups is 2. The van der Waals surface area contributed by atoms with Gasteiger partial charge in [0.15, 0.2) is 0 Å². The van der Waals surface area contributed by atoms with Gasteiger partial charge in [0.1, 0.15) is 0 Å². The minimum absolute atomic E-state index is 0.156. The molecule has 1 aromatic carbocycles. The Hall–Kier alpha value is -1.88. The minimum atomic E-state index is -0.681. The number of nitrogens with zero attached hydrogens (tertiary/aromatic N) is 1. The monoisotopic (exact) mass is 250 g/mol. The van der Waals surface area contributed by atoms with Crippen molar-refractivity contribution in [1.29, 1.82) is 0 Å². The van der Waals surface area contributed by atoms with E-state index in [1.807, 2.05) is 19.1 Å². The van der Waals surface area contributed by atoms with E-state index in [1.165, 1.54) is 4.90 Å². The zero-order chi connectivity index (χ0) is 13.5. The molecule has 2 N–H and O–H groups in total. The highest BCUT2D eigenvalue weighted by molar-refractivity contribution is 6.39. The SMILES string of the molecule is CCN(CCO)C(=O)C(=O)Nc1ccccc1C. The average molecular weight is 250 g/mol. The number of anilines is 1. The van der Waals surface area contributed by atoms with E-state index in [4.69, 9.17) is 5.11 Å². The second-order valence-electron chi connectivity index (χ2n) is 3.88. The third kappa shape index (κ3) is 3.56. The molecule has 0 aliphatic heterocycles. The molecule has 5 heteroatoms. The van der Waals surface area contributed by atoms with Crippen LogP contribution < -0.4 is 5.32 Å². The third-order valence-electron chi connectivity index (χ3n) is 2.63. The van der Waals surface area contributed by atoms with Crippen LogP contribution in [0.5, 0.6) is 0 Å². The number of likely N-dealkylation sites (N-methyl/N-ethyl adjacent to an activating group) is 1. The summed E-state index contributed by atoms with van der Waals surface area (Å²) in [5, 5.41) is 11.4. The van der Waals surface area contributed by atoms with Crippen LogP contribution in [0.15, 0.2) is 24.3 Å². The van der Waals surface area contributed by atoms with E-state index >= 15 is 0 Å². The molecule has 0 unspecified atom stereocenters. The molecule has 0 saturated heterocycles. The Balaban J connectivity index is 2.71. The van der Waals surface area contributed by atoms with Gasteiger partial charge in [0.2, 0.25) is 0 Å². The lowest BCUT2D eigenvalue weighted by atomic mass is 10.2. The Morgan fingerprint density at radius 3 is 2.56 bits per heavy atom. The summed E-state index contributed by atoms with van der Waals surface area (Å²) in [5.41, 5.74) is 1.51. The first kappa shape index (κ1) is 14.2. The molecule has 0 aromatic heterocycles. The number of aliphatic hydroxyl groups excluding tert-OH is 1. The van der Waals surface area contributed by atoms with Crippen molar-refractivity contribution in [1.82, 2.24) is 4.90 Å². The maximum absolute atomic E-state index is 11.8. The number of benzene rings is 1. The molecule has 0 heterocycles. The Morgan fingerprint density at radius 2 is 2.00 bits per heavy atom. The highest BCUT2D eigenvalue weighted by atomic mass is 16.3. The van der Waals surface area contributed by atoms with Crippen LogP contribution >= 0.6 is 0 Å². The normalized spacial score (nSPS) is 9.94. The summed E-state index contributed by atoms with van der Waals surface area (Å²) in [7, 11) is 0. The molecule has 0 fully saturated rings. The van der Waals surface area contributed by atoms with Gasteiger partial charge < -0.3 is 15.3 Å². The Bertz CT molecular complexity index is 432. The fourth-order valence-electron chi connectivity index (χ4n) is 1.56. The lowest BCUT2D eigenvalue weighted by Gasteiger charge is -2.19. The van der Waals surface area contributed by atoms with Crippen LogP contribution in [0.2, 0.25) is 0 Å². The molecule has 1 rings (SSSR count). The summed E-state index contributed by atoms with van der Waals surface area (Å²) in [6.45, 7) is 4.01. The summed E-state index contributed by atoms with van der Waals surface area (Å²) in [6.07, 6.45) is 0. The van der Waals surface area contributed by atoms with Gasteiger partial charge in [0.25, 0.3) is 0 Å². The molecule has 0 radical (unpaired) electrons. The molecule has 0 saturated carbocycles. The molecule has 0 aliphatic rings. The first-order valence-electron chi connectivity index (χ1n) is 5.86. The number of amides is 2. The van der Waals surface area contributed by atoms with Gasteiger partial charge in [-0.25, -0.2) is 0 Å². The molecule has 5 nitrogen and oxygen atoms in total. The topological polar surface area (TPSA) is 69.6 Å². The Labute approximate surface area is 106 Å². The van der Waals surface area contributed by atoms with E-state index in [1.54, 1.807) is 19.1 Å². The molecular weight excluding hydrogens is 232 g/mol. The zero-order valence-electron chi connectivity index (χ0n) is 10.6. The van der Waals surface area contributed by atoms with Crippen molar-refractivity contribution in [3.05, 3.63) is 29.8 Å². The Kier molecular flexibility index (Phi) is 5.32. The lowest BCUT2D eigenvalue weighted by Crippen LogP contribution is -2.41. The second kappa shape index (κ2) is 6.76. The molecule has 0 atom stereocenters. The second-order valence-corrected chi connectivity index (χ2v) is 3.88. The highest BCUT2D eigenvalue weighted by Crippen LogP contribution is 2.13. The Morgan fingerprint density at radius 1 is 1.33 bits per heavy atom. The predicted molar refractivity (Wildman–Crippen MR) is 69.1 cm³/mol. The van der Waals surface area contributed by atoms with Crippen LogP contribution in [0.4, 0.5) is 5.69 Å². The van der Waals surface area contributed by atoms with Gasteiger partial charge in [-0.15, -0.1) is 0 Å². The zero-order valence-corrected chi connectivity index (χ0v) is 10.6. The van der Waals surface area contributed by atoms with Gasteiger partial charge in [0.05, 0.1) is 6.61 Å². The maximum atomic E-state index is 11.8. The summed E-state index contributed by atoms with van der Waals surface area (Å²) in [6, 6.07) is 7.24. The molecule has 0 aliphatic carbocycles. The van der Waals surface area contributed by atoms with Crippen molar-refractivity contribution in [2.75, 3.05) is 25.0 Å². The molecule has 1 aromatic rings. The van der Waals surface area contributed by atoms with E-state index < -0.39 is 11.8 Å². The average Bonchev–Trinajstić information content (AvgIpc) is 2.37. The number of carbonyl (C=O) groups excluding carboxylic acids is 2. The first-order chi connectivity index (χ1) is 8.60. The van der Waals surface area contributed by atoms with Gasteiger partial charge >= 0.3 is 11.8 Å². The summed E-state index contributed by atoms with van der Waals surface area (Å²) in [4.78, 5) is 24.8. The first-order valence-corrected chi connectivity index (χ1v) is 5.86. The van der Waals surface area contributed by atoms with E-state index in [-0.39, 0.29) is 13.2 Å². The van der Waals surface area contributed by atoms with Crippen LogP contribution in [-0.2, 0) is 9.59 Å². The van der Waals surface area contributed by atoms with Gasteiger partial charge in [-0.3, -0.25) is 9.59 Å². The minimum Gasteiger partial charge on any atom is -0.395 e. The quantitative estimate of drug-likeness (QED) is 0.776. The van der Waals surface area contributed by atoms with Crippen LogP contribution in [-0.4, -0.2) is 41.5 Å². The van der Waals surface area contributed by atoms with Crippen molar-refractivity contribution in [3.63, 3.8) is 0 Å². The van der Waals surface area contributed by atoms with Crippen molar-refractivity contribution in [3.8, 4) is 0 Å². The molecule has 0 bridgehead atoms. The summed E-state index contributed by atoms with van der Waals surface area (Å²) < 4.78 is 0. The smallest absolute Gasteiger partial charge is 0.313 e. The number of aryl methyl sites for hydroxylation is 1. The van der Waals surface area contributed by atoms with Crippen LogP contribution in [0.25, 0.3) is 0 Å². The van der Waals surface area contributed by atoms with Crippen LogP contribution in [0.3, 0.4) is 0 Å². The van der Waals surface area contributed by atoms with Crippen LogP contribution in [0, 0.1) is 6.92 Å². The predicted octanol–water partition coefficient (Wildman–Crippen LogP) is 0.774. The van der Waals surface area contributed by atoms with E-state index in [0.717, 1.165) is 5.56 Å². The highest BCUT2D eigenvalue weighted by Gasteiger charge is 2.20. The van der Waals surface area contributed by atoms with E-state index in [2.05, 4.69) is 5.32 Å². The molecule has 18 heavy (non-hydrogen) atoms. The van der Waals surface area contributed by atoms with Crippen molar-refractivity contribution >= 4 is 17.5 Å². The number of aliphatic hydroxyl groups is 1. The number of hydrogen-bond donors (Lipinski definition) is 2. The van der Waals surface area contributed by atoms with Crippen molar-refractivity contribution in [2.24, 2.45) is 0 Å². The van der Waals surface area contributed by atoms with Gasteiger partial charge in [-0.05, 0) is 25.5 Å². The summed E-state index contributed by atoms with van der Waals surface area (Å²) >= 11 is 0. The van der Waals surface area contributed by atoms with Crippen molar-refractivity contribution < 1.29 is 14.7 Å². The number of para-hydroxylation sites is 1.